The second-order valence-electron chi connectivity index (χ2n) is 6.41. The molecule has 2 aromatic carbocycles. The molecule has 0 radical (unpaired) electrons. The number of aryl methyl sites for hydroxylation is 1. The second-order valence-corrected chi connectivity index (χ2v) is 6.41. The zero-order valence-corrected chi connectivity index (χ0v) is 14.8. The average Bonchev–Trinajstić information content (AvgIpc) is 2.97. The Bertz CT molecular complexity index is 914. The topological polar surface area (TPSA) is 61.4 Å². The van der Waals surface area contributed by atoms with Gasteiger partial charge in [-0.3, -0.25) is 4.79 Å². The van der Waals surface area contributed by atoms with Gasteiger partial charge in [0.1, 0.15) is 11.9 Å². The predicted molar refractivity (Wildman–Crippen MR) is 95.5 cm³/mol. The molecule has 1 unspecified atom stereocenters. The number of anilines is 2. The minimum atomic E-state index is -4.62. The molecule has 5 nitrogen and oxygen atoms in total. The van der Waals surface area contributed by atoms with Crippen molar-refractivity contribution in [2.24, 2.45) is 0 Å². The van der Waals surface area contributed by atoms with Gasteiger partial charge in [-0.15, -0.1) is 0 Å². The zero-order chi connectivity index (χ0) is 20.5. The summed E-state index contributed by atoms with van der Waals surface area (Å²) >= 11 is 0. The molecule has 9 heteroatoms. The van der Waals surface area contributed by atoms with Crippen LogP contribution in [0.5, 0.6) is 0 Å². The summed E-state index contributed by atoms with van der Waals surface area (Å²) in [6.07, 6.45) is -4.34. The Morgan fingerprint density at radius 2 is 1.89 bits per heavy atom. The minimum Gasteiger partial charge on any atom is -0.326 e. The van der Waals surface area contributed by atoms with Crippen LogP contribution in [-0.2, 0) is 11.0 Å². The molecule has 148 valence electrons. The monoisotopic (exact) mass is 395 g/mol. The van der Waals surface area contributed by atoms with Crippen LogP contribution in [0, 0.1) is 12.7 Å². The maximum absolute atomic E-state index is 13.4. The molecule has 1 atom stereocenters. The van der Waals surface area contributed by atoms with Gasteiger partial charge in [-0.25, -0.2) is 9.18 Å². The van der Waals surface area contributed by atoms with Crippen molar-refractivity contribution in [3.63, 3.8) is 0 Å². The van der Waals surface area contributed by atoms with Crippen LogP contribution < -0.4 is 15.5 Å². The second kappa shape index (κ2) is 7.49. The van der Waals surface area contributed by atoms with Gasteiger partial charge in [0, 0.05) is 12.2 Å². The lowest BCUT2D eigenvalue weighted by Crippen LogP contribution is -2.43. The summed E-state index contributed by atoms with van der Waals surface area (Å²) in [6, 6.07) is 7.01. The number of para-hydroxylation sites is 1. The van der Waals surface area contributed by atoms with E-state index in [1.165, 1.54) is 35.2 Å². The summed E-state index contributed by atoms with van der Waals surface area (Å²) < 4.78 is 52.4. The summed E-state index contributed by atoms with van der Waals surface area (Å²) in [7, 11) is 0. The number of benzene rings is 2. The van der Waals surface area contributed by atoms with Crippen LogP contribution in [0.3, 0.4) is 0 Å². The molecule has 0 bridgehead atoms. The number of nitrogens with zero attached hydrogens (tertiary/aromatic N) is 1. The molecule has 0 saturated carbocycles. The summed E-state index contributed by atoms with van der Waals surface area (Å²) in [6.45, 7) is 1.87. The van der Waals surface area contributed by atoms with E-state index in [4.69, 9.17) is 0 Å². The van der Waals surface area contributed by atoms with Gasteiger partial charge in [0.15, 0.2) is 0 Å². The number of hydrogen-bond acceptors (Lipinski definition) is 2. The molecule has 1 aliphatic heterocycles. The fraction of sp³-hybridized carbons (Fsp3) is 0.263. The Morgan fingerprint density at radius 3 is 2.57 bits per heavy atom. The van der Waals surface area contributed by atoms with Gasteiger partial charge in [-0.05, 0) is 49.2 Å². The standard InChI is InChI=1S/C19H17F4N3O2/c1-11-10-12(6-7-14(11)20)26-9-8-16(17(26)27)25-18(28)24-15-5-3-2-4-13(15)19(21,22)23/h2-7,10,16H,8-9H2,1H3,(H2,24,25,28). The van der Waals surface area contributed by atoms with E-state index in [1.807, 2.05) is 0 Å². The molecule has 0 aromatic heterocycles. The highest BCUT2D eigenvalue weighted by Crippen LogP contribution is 2.34. The van der Waals surface area contributed by atoms with Crippen molar-refractivity contribution >= 4 is 23.3 Å². The van der Waals surface area contributed by atoms with Crippen molar-refractivity contribution in [3.8, 4) is 0 Å². The Labute approximate surface area is 158 Å². The third kappa shape index (κ3) is 4.08. The first-order chi connectivity index (χ1) is 13.2. The lowest BCUT2D eigenvalue weighted by molar-refractivity contribution is -0.137. The molecular weight excluding hydrogens is 378 g/mol. The van der Waals surface area contributed by atoms with Crippen molar-refractivity contribution in [2.75, 3.05) is 16.8 Å². The van der Waals surface area contributed by atoms with Gasteiger partial charge in [-0.2, -0.15) is 13.2 Å². The molecule has 2 aromatic rings. The Kier molecular flexibility index (Phi) is 5.26. The third-order valence-corrected chi connectivity index (χ3v) is 4.44. The van der Waals surface area contributed by atoms with Crippen molar-refractivity contribution in [2.45, 2.75) is 25.6 Å². The molecule has 0 aliphatic carbocycles. The van der Waals surface area contributed by atoms with Crippen LogP contribution >= 0.6 is 0 Å². The van der Waals surface area contributed by atoms with Gasteiger partial charge in [0.2, 0.25) is 5.91 Å². The van der Waals surface area contributed by atoms with Crippen molar-refractivity contribution in [3.05, 3.63) is 59.4 Å². The van der Waals surface area contributed by atoms with Crippen LogP contribution in [0.2, 0.25) is 0 Å². The smallest absolute Gasteiger partial charge is 0.326 e. The van der Waals surface area contributed by atoms with Crippen LogP contribution in [0.15, 0.2) is 42.5 Å². The van der Waals surface area contributed by atoms with Crippen LogP contribution in [0.4, 0.5) is 33.7 Å². The first-order valence-electron chi connectivity index (χ1n) is 8.48. The van der Waals surface area contributed by atoms with Crippen LogP contribution in [-0.4, -0.2) is 24.5 Å². The predicted octanol–water partition coefficient (Wildman–Crippen LogP) is 4.08. The Hall–Kier alpha value is -3.10. The highest BCUT2D eigenvalue weighted by Gasteiger charge is 2.36. The van der Waals surface area contributed by atoms with E-state index >= 15 is 0 Å². The van der Waals surface area contributed by atoms with Crippen LogP contribution in [0.1, 0.15) is 17.5 Å². The zero-order valence-electron chi connectivity index (χ0n) is 14.8. The normalized spacial score (nSPS) is 17.0. The highest BCUT2D eigenvalue weighted by molar-refractivity contribution is 6.02. The van der Waals surface area contributed by atoms with E-state index in [1.54, 1.807) is 6.92 Å². The molecular formula is C19H17F4N3O2. The average molecular weight is 395 g/mol. The summed E-state index contributed by atoms with van der Waals surface area (Å²) in [5.41, 5.74) is -0.505. The fourth-order valence-electron chi connectivity index (χ4n) is 3.02. The number of hydrogen-bond donors (Lipinski definition) is 2. The number of alkyl halides is 3. The van der Waals surface area contributed by atoms with Gasteiger partial charge in [0.05, 0.1) is 11.3 Å². The molecule has 2 N–H and O–H groups in total. The van der Waals surface area contributed by atoms with Crippen molar-refractivity contribution < 1.29 is 27.2 Å². The molecule has 28 heavy (non-hydrogen) atoms. The molecule has 3 rings (SSSR count). The maximum atomic E-state index is 13.4. The van der Waals surface area contributed by atoms with Gasteiger partial charge in [0.25, 0.3) is 0 Å². The number of halogens is 4. The Morgan fingerprint density at radius 1 is 1.18 bits per heavy atom. The number of nitrogens with one attached hydrogen (secondary N) is 2. The first kappa shape index (κ1) is 19.7. The van der Waals surface area contributed by atoms with Crippen molar-refractivity contribution in [1.82, 2.24) is 5.32 Å². The van der Waals surface area contributed by atoms with E-state index in [-0.39, 0.29) is 6.42 Å². The molecule has 0 spiro atoms. The molecule has 1 saturated heterocycles. The minimum absolute atomic E-state index is 0.281. The van der Waals surface area contributed by atoms with Gasteiger partial charge >= 0.3 is 12.2 Å². The third-order valence-electron chi connectivity index (χ3n) is 4.44. The van der Waals surface area contributed by atoms with E-state index in [2.05, 4.69) is 10.6 Å². The first-order valence-corrected chi connectivity index (χ1v) is 8.48. The van der Waals surface area contributed by atoms with E-state index in [0.29, 0.717) is 17.8 Å². The maximum Gasteiger partial charge on any atom is 0.418 e. The summed E-state index contributed by atoms with van der Waals surface area (Å²) in [4.78, 5) is 26.1. The number of amides is 3. The Balaban J connectivity index is 1.67. The summed E-state index contributed by atoms with van der Waals surface area (Å²) in [5, 5.41) is 4.54. The van der Waals surface area contributed by atoms with Crippen LogP contribution in [0.25, 0.3) is 0 Å². The lowest BCUT2D eigenvalue weighted by atomic mass is 10.1. The largest absolute Gasteiger partial charge is 0.418 e. The molecule has 1 aliphatic rings. The number of urea groups is 1. The SMILES string of the molecule is Cc1cc(N2CCC(NC(=O)Nc3ccccc3C(F)(F)F)C2=O)ccc1F. The quantitative estimate of drug-likeness (QED) is 0.770. The van der Waals surface area contributed by atoms with Gasteiger partial charge in [-0.1, -0.05) is 12.1 Å². The molecule has 1 heterocycles. The fourth-order valence-corrected chi connectivity index (χ4v) is 3.02. The number of rotatable bonds is 3. The van der Waals surface area contributed by atoms with Gasteiger partial charge < -0.3 is 15.5 Å². The number of carbonyl (C=O) groups is 2. The number of carbonyl (C=O) groups excluding carboxylic acids is 2. The lowest BCUT2D eigenvalue weighted by Gasteiger charge is -2.18. The highest BCUT2D eigenvalue weighted by atomic mass is 19.4. The molecule has 1 fully saturated rings. The van der Waals surface area contributed by atoms with Crippen molar-refractivity contribution in [1.29, 1.82) is 0 Å². The van der Waals surface area contributed by atoms with E-state index in [9.17, 15) is 27.2 Å². The molecule has 3 amide bonds. The van der Waals surface area contributed by atoms with E-state index < -0.39 is 41.2 Å². The van der Waals surface area contributed by atoms with E-state index in [0.717, 1.165) is 12.1 Å². The summed E-state index contributed by atoms with van der Waals surface area (Å²) in [5.74, 6) is -0.807.